The maximum absolute atomic E-state index is 12.4. The van der Waals surface area contributed by atoms with Crippen molar-refractivity contribution in [3.05, 3.63) is 59.8 Å². The summed E-state index contributed by atoms with van der Waals surface area (Å²) in [6.45, 7) is 0.452. The molecule has 0 aliphatic rings. The lowest BCUT2D eigenvalue weighted by atomic mass is 10.1. The molecule has 3 rings (SSSR count). The summed E-state index contributed by atoms with van der Waals surface area (Å²) >= 11 is 1.69. The molecule has 1 aromatic heterocycles. The van der Waals surface area contributed by atoms with Crippen molar-refractivity contribution in [1.29, 1.82) is 0 Å². The average Bonchev–Trinajstić information content (AvgIpc) is 3.22. The highest BCUT2D eigenvalue weighted by atomic mass is 32.2. The minimum absolute atomic E-state index is 0.213. The largest absolute Gasteiger partial charge is 0.497 e. The molecular formula is C20H21N3O3S. The van der Waals surface area contributed by atoms with Crippen molar-refractivity contribution in [1.82, 2.24) is 15.5 Å². The zero-order valence-corrected chi connectivity index (χ0v) is 16.2. The number of amides is 1. The summed E-state index contributed by atoms with van der Waals surface area (Å²) in [5.41, 5.74) is 2.84. The Labute approximate surface area is 162 Å². The van der Waals surface area contributed by atoms with E-state index >= 15 is 0 Å². The topological polar surface area (TPSA) is 76.2 Å². The van der Waals surface area contributed by atoms with Gasteiger partial charge in [-0.2, -0.15) is 5.10 Å². The molecule has 0 spiro atoms. The van der Waals surface area contributed by atoms with Gasteiger partial charge in [0.15, 0.2) is 0 Å². The number of aromatic nitrogens is 2. The maximum Gasteiger partial charge on any atom is 0.269 e. The quantitative estimate of drug-likeness (QED) is 0.608. The summed E-state index contributed by atoms with van der Waals surface area (Å²) < 4.78 is 10.6. The van der Waals surface area contributed by atoms with Crippen molar-refractivity contribution in [2.75, 3.05) is 20.5 Å². The third-order valence-corrected chi connectivity index (χ3v) is 4.86. The molecule has 140 valence electrons. The molecule has 27 heavy (non-hydrogen) atoms. The van der Waals surface area contributed by atoms with Gasteiger partial charge >= 0.3 is 0 Å². The van der Waals surface area contributed by atoms with E-state index in [4.69, 9.17) is 9.47 Å². The van der Waals surface area contributed by atoms with Gasteiger partial charge in [0.2, 0.25) is 0 Å². The van der Waals surface area contributed by atoms with Gasteiger partial charge in [-0.1, -0.05) is 12.1 Å². The minimum Gasteiger partial charge on any atom is -0.497 e. The van der Waals surface area contributed by atoms with E-state index in [0.29, 0.717) is 29.4 Å². The van der Waals surface area contributed by atoms with Crippen LogP contribution in [-0.4, -0.2) is 36.6 Å². The SMILES string of the molecule is COc1ccc(-c2cc(C(=O)NCc3ccc(SC)cc3)[nH]n2)c(OC)c1. The smallest absolute Gasteiger partial charge is 0.269 e. The van der Waals surface area contributed by atoms with E-state index in [1.54, 1.807) is 38.1 Å². The van der Waals surface area contributed by atoms with E-state index in [1.807, 2.05) is 42.7 Å². The van der Waals surface area contributed by atoms with Crippen LogP contribution in [0.2, 0.25) is 0 Å². The van der Waals surface area contributed by atoms with Gasteiger partial charge in [0.25, 0.3) is 5.91 Å². The highest BCUT2D eigenvalue weighted by Gasteiger charge is 2.14. The van der Waals surface area contributed by atoms with Crippen molar-refractivity contribution < 1.29 is 14.3 Å². The zero-order chi connectivity index (χ0) is 19.2. The molecule has 7 heteroatoms. The first-order chi connectivity index (χ1) is 13.1. The lowest BCUT2D eigenvalue weighted by Crippen LogP contribution is -2.23. The number of H-pyrrole nitrogens is 1. The van der Waals surface area contributed by atoms with Gasteiger partial charge in [0.05, 0.1) is 19.9 Å². The number of benzene rings is 2. The van der Waals surface area contributed by atoms with E-state index in [9.17, 15) is 4.79 Å². The summed E-state index contributed by atoms with van der Waals surface area (Å²) in [5, 5.41) is 9.92. The van der Waals surface area contributed by atoms with Crippen LogP contribution < -0.4 is 14.8 Å². The Morgan fingerprint density at radius 3 is 2.56 bits per heavy atom. The van der Waals surface area contributed by atoms with Gasteiger partial charge in [-0.25, -0.2) is 0 Å². The van der Waals surface area contributed by atoms with Crippen molar-refractivity contribution >= 4 is 17.7 Å². The Hall–Kier alpha value is -2.93. The molecule has 0 bridgehead atoms. The van der Waals surface area contributed by atoms with Gasteiger partial charge in [-0.05, 0) is 42.2 Å². The molecule has 0 radical (unpaired) electrons. The van der Waals surface area contributed by atoms with Gasteiger partial charge in [0.1, 0.15) is 17.2 Å². The predicted octanol–water partition coefficient (Wildman–Crippen LogP) is 3.75. The third kappa shape index (κ3) is 4.43. The van der Waals surface area contributed by atoms with Crippen LogP contribution in [0.1, 0.15) is 16.1 Å². The highest BCUT2D eigenvalue weighted by molar-refractivity contribution is 7.98. The number of aromatic amines is 1. The highest BCUT2D eigenvalue weighted by Crippen LogP contribution is 2.32. The monoisotopic (exact) mass is 383 g/mol. The van der Waals surface area contributed by atoms with Crippen LogP contribution in [0.4, 0.5) is 0 Å². The number of nitrogens with zero attached hydrogens (tertiary/aromatic N) is 1. The van der Waals surface area contributed by atoms with E-state index < -0.39 is 0 Å². The Morgan fingerprint density at radius 2 is 1.89 bits per heavy atom. The molecule has 3 aromatic rings. The van der Waals surface area contributed by atoms with E-state index in [-0.39, 0.29) is 5.91 Å². The van der Waals surface area contributed by atoms with Crippen LogP contribution in [0.25, 0.3) is 11.3 Å². The Kier molecular flexibility index (Phi) is 6.03. The fourth-order valence-corrected chi connectivity index (χ4v) is 3.02. The van der Waals surface area contributed by atoms with Crippen molar-refractivity contribution in [2.45, 2.75) is 11.4 Å². The van der Waals surface area contributed by atoms with E-state index in [1.165, 1.54) is 4.90 Å². The first-order valence-electron chi connectivity index (χ1n) is 8.33. The molecular weight excluding hydrogens is 362 g/mol. The summed E-state index contributed by atoms with van der Waals surface area (Å²) in [6, 6.07) is 15.2. The number of nitrogens with one attached hydrogen (secondary N) is 2. The second kappa shape index (κ2) is 8.64. The van der Waals surface area contributed by atoms with Crippen LogP contribution in [0, 0.1) is 0 Å². The molecule has 1 heterocycles. The molecule has 0 atom stereocenters. The van der Waals surface area contributed by atoms with Crippen molar-refractivity contribution in [3.63, 3.8) is 0 Å². The van der Waals surface area contributed by atoms with Crippen molar-refractivity contribution in [3.8, 4) is 22.8 Å². The minimum atomic E-state index is -0.213. The molecule has 2 N–H and O–H groups in total. The van der Waals surface area contributed by atoms with Crippen molar-refractivity contribution in [2.24, 2.45) is 0 Å². The molecule has 0 saturated heterocycles. The van der Waals surface area contributed by atoms with Crippen LogP contribution in [0.3, 0.4) is 0 Å². The Bertz CT molecular complexity index is 922. The number of hydrogen-bond donors (Lipinski definition) is 2. The summed E-state index contributed by atoms with van der Waals surface area (Å²) in [6.07, 6.45) is 2.03. The Balaban J connectivity index is 1.70. The van der Waals surface area contributed by atoms with Crippen LogP contribution in [0.15, 0.2) is 53.4 Å². The molecule has 0 fully saturated rings. The molecule has 2 aromatic carbocycles. The number of hydrogen-bond acceptors (Lipinski definition) is 5. The number of ether oxygens (including phenoxy) is 2. The normalized spacial score (nSPS) is 10.5. The molecule has 0 unspecified atom stereocenters. The number of methoxy groups -OCH3 is 2. The van der Waals surface area contributed by atoms with Gasteiger partial charge in [0, 0.05) is 23.1 Å². The number of thioether (sulfide) groups is 1. The molecule has 0 saturated carbocycles. The van der Waals surface area contributed by atoms with Crippen LogP contribution in [0.5, 0.6) is 11.5 Å². The average molecular weight is 383 g/mol. The molecule has 0 aliphatic carbocycles. The summed E-state index contributed by atoms with van der Waals surface area (Å²) in [5.74, 6) is 1.11. The van der Waals surface area contributed by atoms with Crippen LogP contribution in [-0.2, 0) is 6.54 Å². The number of rotatable bonds is 7. The predicted molar refractivity (Wildman–Crippen MR) is 107 cm³/mol. The fraction of sp³-hybridized carbons (Fsp3) is 0.200. The third-order valence-electron chi connectivity index (χ3n) is 4.12. The first-order valence-corrected chi connectivity index (χ1v) is 9.56. The summed E-state index contributed by atoms with van der Waals surface area (Å²) in [7, 11) is 3.18. The fourth-order valence-electron chi connectivity index (χ4n) is 2.61. The second-order valence-corrected chi connectivity index (χ2v) is 6.64. The Morgan fingerprint density at radius 1 is 1.11 bits per heavy atom. The standard InChI is InChI=1S/C20H21N3O3S/c1-25-14-6-9-16(19(10-14)26-2)17-11-18(23-22-17)20(24)21-12-13-4-7-15(27-3)8-5-13/h4-11H,12H2,1-3H3,(H,21,24)(H,22,23). The van der Waals surface area contributed by atoms with E-state index in [2.05, 4.69) is 15.5 Å². The van der Waals surface area contributed by atoms with Gasteiger partial charge in [-0.15, -0.1) is 11.8 Å². The lowest BCUT2D eigenvalue weighted by molar-refractivity contribution is 0.0946. The number of carbonyl (C=O) groups is 1. The number of carbonyl (C=O) groups excluding carboxylic acids is 1. The molecule has 1 amide bonds. The molecule has 6 nitrogen and oxygen atoms in total. The second-order valence-electron chi connectivity index (χ2n) is 5.76. The lowest BCUT2D eigenvalue weighted by Gasteiger charge is -2.08. The molecule has 0 aliphatic heterocycles. The first kappa shape index (κ1) is 18.8. The van der Waals surface area contributed by atoms with Gasteiger partial charge in [-0.3, -0.25) is 9.89 Å². The van der Waals surface area contributed by atoms with Crippen LogP contribution >= 0.6 is 11.8 Å². The summed E-state index contributed by atoms with van der Waals surface area (Å²) in [4.78, 5) is 13.6. The van der Waals surface area contributed by atoms with Gasteiger partial charge < -0.3 is 14.8 Å². The zero-order valence-electron chi connectivity index (χ0n) is 15.4. The maximum atomic E-state index is 12.4. The van der Waals surface area contributed by atoms with E-state index in [0.717, 1.165) is 11.1 Å².